The standard InChI is InChI=1S/C22H23N3O/c23-22(26)20-10-4-5-11-21(20)25(17-19-12-14-24-15-13-19)16-6-9-18-7-2-1-3-8-18/h1-5,7-8,10-15H,6,9,16-17H2,(H2,23,26). The summed E-state index contributed by atoms with van der Waals surface area (Å²) in [5.74, 6) is -0.400. The fourth-order valence-electron chi connectivity index (χ4n) is 3.07. The number of benzene rings is 2. The molecule has 0 radical (unpaired) electrons. The third-order valence-electron chi connectivity index (χ3n) is 4.37. The number of aromatic nitrogens is 1. The first-order valence-electron chi connectivity index (χ1n) is 8.80. The highest BCUT2D eigenvalue weighted by atomic mass is 16.1. The highest BCUT2D eigenvalue weighted by Gasteiger charge is 2.14. The molecule has 26 heavy (non-hydrogen) atoms. The Balaban J connectivity index is 1.79. The number of hydrogen-bond donors (Lipinski definition) is 1. The van der Waals surface area contributed by atoms with Crippen molar-refractivity contribution in [1.29, 1.82) is 0 Å². The quantitative estimate of drug-likeness (QED) is 0.675. The van der Waals surface area contributed by atoms with Crippen LogP contribution in [0.15, 0.2) is 79.1 Å². The molecule has 4 heteroatoms. The SMILES string of the molecule is NC(=O)c1ccccc1N(CCCc1ccccc1)Cc1ccncc1. The summed E-state index contributed by atoms with van der Waals surface area (Å²) in [6.45, 7) is 1.54. The van der Waals surface area contributed by atoms with Crippen molar-refractivity contribution in [2.24, 2.45) is 5.73 Å². The van der Waals surface area contributed by atoms with Gasteiger partial charge in [0.05, 0.1) is 5.56 Å². The van der Waals surface area contributed by atoms with E-state index in [-0.39, 0.29) is 0 Å². The molecule has 132 valence electrons. The largest absolute Gasteiger partial charge is 0.367 e. The van der Waals surface area contributed by atoms with Crippen LogP contribution in [0, 0.1) is 0 Å². The van der Waals surface area contributed by atoms with Crippen molar-refractivity contribution in [3.05, 3.63) is 95.8 Å². The van der Waals surface area contributed by atoms with Crippen LogP contribution >= 0.6 is 0 Å². The number of rotatable bonds is 8. The van der Waals surface area contributed by atoms with Crippen LogP contribution in [0.3, 0.4) is 0 Å². The van der Waals surface area contributed by atoms with Gasteiger partial charge in [-0.1, -0.05) is 42.5 Å². The number of anilines is 1. The minimum absolute atomic E-state index is 0.400. The van der Waals surface area contributed by atoms with Crippen molar-refractivity contribution in [2.45, 2.75) is 19.4 Å². The zero-order valence-electron chi connectivity index (χ0n) is 14.7. The van der Waals surface area contributed by atoms with Gasteiger partial charge in [0.1, 0.15) is 0 Å². The normalized spacial score (nSPS) is 10.5. The second-order valence-electron chi connectivity index (χ2n) is 6.25. The van der Waals surface area contributed by atoms with Gasteiger partial charge < -0.3 is 10.6 Å². The number of carbonyl (C=O) groups is 1. The molecule has 0 aliphatic heterocycles. The maximum absolute atomic E-state index is 11.9. The van der Waals surface area contributed by atoms with Crippen LogP contribution in [0.25, 0.3) is 0 Å². The molecule has 3 aromatic rings. The van der Waals surface area contributed by atoms with E-state index in [2.05, 4.69) is 34.1 Å². The third-order valence-corrected chi connectivity index (χ3v) is 4.37. The first kappa shape index (κ1) is 17.7. The average Bonchev–Trinajstić information content (AvgIpc) is 2.69. The van der Waals surface area contributed by atoms with E-state index in [4.69, 9.17) is 5.73 Å². The molecule has 0 unspecified atom stereocenters. The lowest BCUT2D eigenvalue weighted by atomic mass is 10.1. The smallest absolute Gasteiger partial charge is 0.250 e. The lowest BCUT2D eigenvalue weighted by Crippen LogP contribution is -2.27. The molecule has 1 heterocycles. The number of amides is 1. The summed E-state index contributed by atoms with van der Waals surface area (Å²) in [7, 11) is 0. The zero-order chi connectivity index (χ0) is 18.2. The lowest BCUT2D eigenvalue weighted by molar-refractivity contribution is 0.100. The van der Waals surface area contributed by atoms with Crippen molar-refractivity contribution in [2.75, 3.05) is 11.4 Å². The van der Waals surface area contributed by atoms with Crippen LogP contribution in [-0.2, 0) is 13.0 Å². The van der Waals surface area contributed by atoms with Crippen molar-refractivity contribution in [3.8, 4) is 0 Å². The van der Waals surface area contributed by atoms with Crippen molar-refractivity contribution < 1.29 is 4.79 Å². The van der Waals surface area contributed by atoms with E-state index in [1.807, 2.05) is 36.4 Å². The second-order valence-corrected chi connectivity index (χ2v) is 6.25. The Hall–Kier alpha value is -3.14. The Kier molecular flexibility index (Phi) is 5.99. The molecule has 0 fully saturated rings. The number of pyridine rings is 1. The fraction of sp³-hybridized carbons (Fsp3) is 0.182. The summed E-state index contributed by atoms with van der Waals surface area (Å²) in [6.07, 6.45) is 5.56. The second kappa shape index (κ2) is 8.81. The van der Waals surface area contributed by atoms with E-state index in [0.717, 1.165) is 30.6 Å². The summed E-state index contributed by atoms with van der Waals surface area (Å²) in [5.41, 5.74) is 9.50. The van der Waals surface area contributed by atoms with Crippen molar-refractivity contribution in [1.82, 2.24) is 4.98 Å². The molecule has 1 amide bonds. The number of para-hydroxylation sites is 1. The number of hydrogen-bond acceptors (Lipinski definition) is 3. The monoisotopic (exact) mass is 345 g/mol. The maximum atomic E-state index is 11.9. The van der Waals surface area contributed by atoms with Gasteiger partial charge in [-0.05, 0) is 48.2 Å². The number of nitrogens with two attached hydrogens (primary N) is 1. The molecule has 0 saturated heterocycles. The summed E-state index contributed by atoms with van der Waals surface area (Å²) in [4.78, 5) is 18.2. The Bertz CT molecular complexity index is 834. The fourth-order valence-corrected chi connectivity index (χ4v) is 3.07. The van der Waals surface area contributed by atoms with Gasteiger partial charge in [0, 0.05) is 31.2 Å². The van der Waals surface area contributed by atoms with E-state index in [1.165, 1.54) is 5.56 Å². The molecule has 3 rings (SSSR count). The summed E-state index contributed by atoms with van der Waals surface area (Å²) < 4.78 is 0. The van der Waals surface area contributed by atoms with Crippen LogP contribution in [0.4, 0.5) is 5.69 Å². The molecule has 2 N–H and O–H groups in total. The van der Waals surface area contributed by atoms with Crippen LogP contribution in [0.2, 0.25) is 0 Å². The molecule has 1 aromatic heterocycles. The van der Waals surface area contributed by atoms with Crippen LogP contribution in [0.1, 0.15) is 27.9 Å². The molecule has 4 nitrogen and oxygen atoms in total. The Labute approximate surface area is 154 Å². The molecular formula is C22H23N3O. The first-order chi connectivity index (χ1) is 12.7. The third kappa shape index (κ3) is 4.70. The van der Waals surface area contributed by atoms with E-state index in [0.29, 0.717) is 12.1 Å². The van der Waals surface area contributed by atoms with Gasteiger partial charge in [0.2, 0.25) is 0 Å². The van der Waals surface area contributed by atoms with Crippen LogP contribution < -0.4 is 10.6 Å². The summed E-state index contributed by atoms with van der Waals surface area (Å²) >= 11 is 0. The van der Waals surface area contributed by atoms with Crippen LogP contribution in [-0.4, -0.2) is 17.4 Å². The van der Waals surface area contributed by atoms with Gasteiger partial charge in [-0.25, -0.2) is 0 Å². The van der Waals surface area contributed by atoms with E-state index >= 15 is 0 Å². The average molecular weight is 345 g/mol. The molecule has 2 aromatic carbocycles. The Morgan fingerprint density at radius 1 is 0.885 bits per heavy atom. The predicted molar refractivity (Wildman–Crippen MR) is 105 cm³/mol. The van der Waals surface area contributed by atoms with E-state index in [9.17, 15) is 4.79 Å². The van der Waals surface area contributed by atoms with Crippen LogP contribution in [0.5, 0.6) is 0 Å². The zero-order valence-corrected chi connectivity index (χ0v) is 14.7. The van der Waals surface area contributed by atoms with E-state index < -0.39 is 5.91 Å². The van der Waals surface area contributed by atoms with Crippen molar-refractivity contribution >= 4 is 11.6 Å². The summed E-state index contributed by atoms with van der Waals surface area (Å²) in [5, 5.41) is 0. The van der Waals surface area contributed by atoms with Gasteiger partial charge in [-0.3, -0.25) is 9.78 Å². The minimum atomic E-state index is -0.400. The Morgan fingerprint density at radius 3 is 2.31 bits per heavy atom. The maximum Gasteiger partial charge on any atom is 0.250 e. The van der Waals surface area contributed by atoms with Gasteiger partial charge in [-0.2, -0.15) is 0 Å². The van der Waals surface area contributed by atoms with Crippen molar-refractivity contribution in [3.63, 3.8) is 0 Å². The highest BCUT2D eigenvalue weighted by molar-refractivity contribution is 5.98. The summed E-state index contributed by atoms with van der Waals surface area (Å²) in [6, 6.07) is 22.0. The molecule has 0 aliphatic rings. The van der Waals surface area contributed by atoms with Gasteiger partial charge in [0.15, 0.2) is 0 Å². The molecular weight excluding hydrogens is 322 g/mol. The molecule has 0 atom stereocenters. The first-order valence-corrected chi connectivity index (χ1v) is 8.80. The highest BCUT2D eigenvalue weighted by Crippen LogP contribution is 2.23. The Morgan fingerprint density at radius 2 is 1.58 bits per heavy atom. The molecule has 0 spiro atoms. The van der Waals surface area contributed by atoms with Gasteiger partial charge >= 0.3 is 0 Å². The van der Waals surface area contributed by atoms with Gasteiger partial charge in [0.25, 0.3) is 5.91 Å². The lowest BCUT2D eigenvalue weighted by Gasteiger charge is -2.26. The molecule has 0 saturated carbocycles. The molecule has 0 aliphatic carbocycles. The number of primary amides is 1. The molecule has 0 bridgehead atoms. The van der Waals surface area contributed by atoms with Gasteiger partial charge in [-0.15, -0.1) is 0 Å². The topological polar surface area (TPSA) is 59.2 Å². The number of carbonyl (C=O) groups excluding carboxylic acids is 1. The van der Waals surface area contributed by atoms with E-state index in [1.54, 1.807) is 18.5 Å². The predicted octanol–water partition coefficient (Wildman–Crippen LogP) is 3.82. The number of nitrogens with zero attached hydrogens (tertiary/aromatic N) is 2. The number of aryl methyl sites for hydroxylation is 1. The minimum Gasteiger partial charge on any atom is -0.367 e.